The molecule has 4 aliphatic rings. The van der Waals surface area contributed by atoms with Gasteiger partial charge < -0.3 is 38.6 Å². The van der Waals surface area contributed by atoms with Gasteiger partial charge in [0.25, 0.3) is 0 Å². The molecule has 0 unspecified atom stereocenters. The molecule has 3 aliphatic heterocycles. The zero-order valence-electron chi connectivity index (χ0n) is 29.4. The molecule has 1 saturated carbocycles. The number of rotatable bonds is 7. The summed E-state index contributed by atoms with van der Waals surface area (Å²) < 4.78 is 29.3. The summed E-state index contributed by atoms with van der Waals surface area (Å²) in [5, 5.41) is 14.4. The van der Waals surface area contributed by atoms with Crippen molar-refractivity contribution in [2.45, 2.75) is 94.2 Å². The maximum absolute atomic E-state index is 14.1. The molecule has 2 N–H and O–H groups in total. The van der Waals surface area contributed by atoms with Gasteiger partial charge in [-0.2, -0.15) is 12.6 Å². The molecule has 1 spiro atoms. The number of thiol groups is 1. The summed E-state index contributed by atoms with van der Waals surface area (Å²) in [6.45, 7) is 5.30. The van der Waals surface area contributed by atoms with Crippen LogP contribution < -0.4 is 15.0 Å². The largest absolute Gasteiger partial charge is 0.495 e. The number of nitrogens with zero attached hydrogens (tertiary/aromatic N) is 2. The minimum Gasteiger partial charge on any atom is -0.495 e. The lowest BCUT2D eigenvalue weighted by Gasteiger charge is -2.41. The first-order valence-corrected chi connectivity index (χ1v) is 17.5. The first-order valence-electron chi connectivity index (χ1n) is 16.5. The third kappa shape index (κ3) is 7.09. The van der Waals surface area contributed by atoms with Crippen molar-refractivity contribution in [2.24, 2.45) is 5.92 Å². The molecule has 2 saturated heterocycles. The summed E-state index contributed by atoms with van der Waals surface area (Å²) >= 11 is 10.9. The highest BCUT2D eigenvalue weighted by molar-refractivity contribution is 7.80. The molecule has 3 amide bonds. The number of benzene rings is 1. The highest BCUT2D eigenvalue weighted by atomic mass is 35.5. The predicted molar refractivity (Wildman–Crippen MR) is 187 cm³/mol. The lowest BCUT2D eigenvalue weighted by molar-refractivity contribution is -0.162. The molecule has 3 heterocycles. The summed E-state index contributed by atoms with van der Waals surface area (Å²) in [5.74, 6) is -1.18. The molecule has 1 aromatic rings. The number of carbonyl (C=O) groups is 4. The number of alkyl carbamates (subject to hydrolysis) is 1. The van der Waals surface area contributed by atoms with E-state index < -0.39 is 65.2 Å². The quantitative estimate of drug-likeness (QED) is 0.215. The summed E-state index contributed by atoms with van der Waals surface area (Å²) in [6.07, 6.45) is 2.61. The fourth-order valence-electron chi connectivity index (χ4n) is 7.09. The molecule has 0 aromatic heterocycles. The van der Waals surface area contributed by atoms with Crippen molar-refractivity contribution in [3.63, 3.8) is 0 Å². The van der Waals surface area contributed by atoms with Crippen molar-refractivity contribution in [1.82, 2.24) is 10.2 Å². The number of fused-ring (bicyclic) bond motifs is 4. The summed E-state index contributed by atoms with van der Waals surface area (Å²) in [6, 6.07) is 2.64. The molecule has 8 atom stereocenters. The van der Waals surface area contributed by atoms with Gasteiger partial charge in [-0.05, 0) is 43.7 Å². The Morgan fingerprint density at radius 1 is 1.28 bits per heavy atom. The number of aliphatic hydroxyl groups is 1. The van der Waals surface area contributed by atoms with Gasteiger partial charge in [0.15, 0.2) is 11.3 Å². The van der Waals surface area contributed by atoms with Crippen molar-refractivity contribution in [3.8, 4) is 5.75 Å². The van der Waals surface area contributed by atoms with E-state index in [2.05, 4.69) is 17.9 Å². The Bertz CT molecular complexity index is 1610. The van der Waals surface area contributed by atoms with E-state index in [1.54, 1.807) is 38.3 Å². The van der Waals surface area contributed by atoms with Gasteiger partial charge in [0, 0.05) is 46.4 Å². The van der Waals surface area contributed by atoms with E-state index >= 15 is 0 Å². The summed E-state index contributed by atoms with van der Waals surface area (Å²) in [7, 11) is 6.03. The van der Waals surface area contributed by atoms with E-state index in [-0.39, 0.29) is 36.6 Å². The molecule has 4 bridgehead atoms. The van der Waals surface area contributed by atoms with Gasteiger partial charge in [-0.15, -0.1) is 0 Å². The lowest BCUT2D eigenvalue weighted by atomic mass is 9.87. The normalized spacial score (nSPS) is 34.4. The van der Waals surface area contributed by atoms with Crippen LogP contribution in [0, 0.1) is 5.92 Å². The molecule has 1 aliphatic carbocycles. The SMILES string of the molecule is COc1cc2cc(c1Cl)N(C)C(=O)C[C@]1(OC(=O)[C@H](C)N(C)C(=O)CCS)C[C@@]13O[C@H]3[C@H](C)[C@@H]1C[C@@](O)(NC(=O)O1)[C@H](OC)/C=C/C=C(\C)C2. The Balaban J connectivity index is 1.55. The van der Waals surface area contributed by atoms with Crippen LogP contribution in [0.4, 0.5) is 10.5 Å². The van der Waals surface area contributed by atoms with Crippen LogP contribution in [0.3, 0.4) is 0 Å². The van der Waals surface area contributed by atoms with Gasteiger partial charge >= 0.3 is 12.1 Å². The fraction of sp³-hybridized carbons (Fsp3) is 0.600. The standard InChI is InChI=1S/C35H46ClN3O10S/c1-19-9-8-10-26(46-7)35(44)16-25(47-32(43)37-35)20(2)30-34(48-30)18-33(34,49-31(42)21(3)38(4)27(40)11-12-50)17-28(41)39(5)23-14-22(13-19)15-24(45-6)29(23)36/h8-10,14-15,20-21,25-26,30,44,50H,11-13,16-18H2,1-7H3,(H,37,43)/b10-8+,19-9+/t20-,21+,25+,26-,30+,33+,34+,35+/m1/s1. The number of anilines is 1. The Labute approximate surface area is 302 Å². The molecule has 5 rings (SSSR count). The number of allylic oxidation sites excluding steroid dienone is 3. The van der Waals surface area contributed by atoms with Gasteiger partial charge in [-0.1, -0.05) is 42.3 Å². The number of hydrogen-bond donors (Lipinski definition) is 3. The number of ether oxygens (including phenoxy) is 5. The Hall–Kier alpha value is -3.30. The molecular formula is C35H46ClN3O10S. The Kier molecular flexibility index (Phi) is 10.9. The Morgan fingerprint density at radius 2 is 2.00 bits per heavy atom. The number of likely N-dealkylation sites (N-methyl/N-ethyl adjacent to an activating group) is 1. The number of nitrogens with one attached hydrogen (secondary N) is 1. The number of esters is 1. The predicted octanol–water partition coefficient (Wildman–Crippen LogP) is 3.59. The van der Waals surface area contributed by atoms with Crippen molar-refractivity contribution in [1.29, 1.82) is 0 Å². The molecule has 50 heavy (non-hydrogen) atoms. The summed E-state index contributed by atoms with van der Waals surface area (Å²) in [5.41, 5.74) is -2.11. The maximum Gasteiger partial charge on any atom is 0.409 e. The van der Waals surface area contributed by atoms with Crippen LogP contribution in [-0.4, -0.2) is 109 Å². The second kappa shape index (κ2) is 14.4. The monoisotopic (exact) mass is 735 g/mol. The van der Waals surface area contributed by atoms with E-state index in [9.17, 15) is 24.3 Å². The lowest BCUT2D eigenvalue weighted by Crippen LogP contribution is -2.63. The topological polar surface area (TPSA) is 156 Å². The van der Waals surface area contributed by atoms with Gasteiger partial charge in [0.05, 0.1) is 25.3 Å². The van der Waals surface area contributed by atoms with E-state index in [0.29, 0.717) is 23.6 Å². The number of epoxide rings is 1. The second-order valence-corrected chi connectivity index (χ2v) is 14.5. The maximum atomic E-state index is 14.1. The first kappa shape index (κ1) is 37.9. The van der Waals surface area contributed by atoms with Crippen molar-refractivity contribution >= 4 is 53.8 Å². The minimum absolute atomic E-state index is 0.0327. The van der Waals surface area contributed by atoms with E-state index in [0.717, 1.165) is 11.1 Å². The van der Waals surface area contributed by atoms with Crippen molar-refractivity contribution in [3.05, 3.63) is 46.5 Å². The number of halogens is 1. The smallest absolute Gasteiger partial charge is 0.409 e. The molecule has 274 valence electrons. The fourth-order valence-corrected chi connectivity index (χ4v) is 7.60. The van der Waals surface area contributed by atoms with E-state index in [1.807, 2.05) is 19.9 Å². The number of carbonyl (C=O) groups excluding carboxylic acids is 4. The second-order valence-electron chi connectivity index (χ2n) is 13.7. The van der Waals surface area contributed by atoms with Gasteiger partial charge in [-0.3, -0.25) is 14.9 Å². The molecule has 1 aromatic carbocycles. The van der Waals surface area contributed by atoms with Crippen LogP contribution in [-0.2, 0) is 39.8 Å². The Morgan fingerprint density at radius 3 is 2.66 bits per heavy atom. The number of hydrogen-bond acceptors (Lipinski definition) is 11. The van der Waals surface area contributed by atoms with Gasteiger partial charge in [0.2, 0.25) is 11.8 Å². The third-order valence-corrected chi connectivity index (χ3v) is 11.0. The van der Waals surface area contributed by atoms with Crippen LogP contribution in [0.15, 0.2) is 35.9 Å². The van der Waals surface area contributed by atoms with Gasteiger partial charge in [-0.25, -0.2) is 9.59 Å². The number of amides is 3. The van der Waals surface area contributed by atoms with Crippen LogP contribution in [0.5, 0.6) is 5.75 Å². The first-order chi connectivity index (χ1) is 23.5. The number of methoxy groups -OCH3 is 2. The zero-order chi connectivity index (χ0) is 36.8. The molecule has 0 radical (unpaired) electrons. The molecule has 13 nitrogen and oxygen atoms in total. The van der Waals surface area contributed by atoms with Gasteiger partial charge in [0.1, 0.15) is 34.6 Å². The molecule has 15 heteroatoms. The summed E-state index contributed by atoms with van der Waals surface area (Å²) in [4.78, 5) is 55.8. The van der Waals surface area contributed by atoms with E-state index in [1.165, 1.54) is 31.1 Å². The zero-order valence-corrected chi connectivity index (χ0v) is 31.0. The average Bonchev–Trinajstić information content (AvgIpc) is 3.95. The van der Waals surface area contributed by atoms with Crippen LogP contribution in [0.25, 0.3) is 0 Å². The molecular weight excluding hydrogens is 690 g/mol. The highest BCUT2D eigenvalue weighted by Crippen LogP contribution is 2.70. The van der Waals surface area contributed by atoms with Crippen molar-refractivity contribution < 1.29 is 48.0 Å². The highest BCUT2D eigenvalue weighted by Gasteiger charge is 2.87. The van der Waals surface area contributed by atoms with Crippen molar-refractivity contribution in [2.75, 3.05) is 39.0 Å². The van der Waals surface area contributed by atoms with Crippen LogP contribution >= 0.6 is 24.2 Å². The van der Waals surface area contributed by atoms with Crippen LogP contribution in [0.2, 0.25) is 5.02 Å². The van der Waals surface area contributed by atoms with E-state index in [4.69, 9.17) is 35.3 Å². The van der Waals surface area contributed by atoms with Crippen LogP contribution in [0.1, 0.15) is 52.0 Å². The minimum atomic E-state index is -1.81. The average molecular weight is 736 g/mol. The third-order valence-electron chi connectivity index (χ3n) is 10.4. The molecule has 3 fully saturated rings.